The topological polar surface area (TPSA) is 78.9 Å². The summed E-state index contributed by atoms with van der Waals surface area (Å²) in [5, 5.41) is 11.4. The molecule has 0 aliphatic carbocycles. The molecule has 21 heavy (non-hydrogen) atoms. The van der Waals surface area contributed by atoms with E-state index in [-0.39, 0.29) is 6.03 Å². The van der Waals surface area contributed by atoms with Gasteiger partial charge in [0.05, 0.1) is 6.61 Å². The Morgan fingerprint density at radius 2 is 1.95 bits per heavy atom. The summed E-state index contributed by atoms with van der Waals surface area (Å²) in [6.45, 7) is 2.53. The van der Waals surface area contributed by atoms with Crippen LogP contribution in [0.25, 0.3) is 6.08 Å². The summed E-state index contributed by atoms with van der Waals surface area (Å²) >= 11 is 0. The summed E-state index contributed by atoms with van der Waals surface area (Å²) in [6.07, 6.45) is 3.41. The molecule has 1 heterocycles. The molecule has 1 aromatic carbocycles. The lowest BCUT2D eigenvalue weighted by Gasteiger charge is -2.20. The zero-order valence-corrected chi connectivity index (χ0v) is 11.6. The van der Waals surface area contributed by atoms with Gasteiger partial charge in [0.25, 0.3) is 0 Å². The summed E-state index contributed by atoms with van der Waals surface area (Å²) in [6, 6.07) is 6.84. The number of anilines is 1. The first-order chi connectivity index (χ1) is 10.1. The first-order valence-electron chi connectivity index (χ1n) is 6.80. The first-order valence-corrected chi connectivity index (χ1v) is 6.80. The fourth-order valence-electron chi connectivity index (χ4n) is 2.00. The number of hydrogen-bond donors (Lipinski definition) is 2. The number of ether oxygens (including phenoxy) is 1. The molecule has 0 saturated carbocycles. The van der Waals surface area contributed by atoms with Crippen LogP contribution in [-0.4, -0.2) is 48.3 Å². The van der Waals surface area contributed by atoms with Gasteiger partial charge in [0.15, 0.2) is 0 Å². The van der Waals surface area contributed by atoms with E-state index in [0.29, 0.717) is 32.0 Å². The Hall–Kier alpha value is -2.34. The van der Waals surface area contributed by atoms with Crippen molar-refractivity contribution in [1.29, 1.82) is 0 Å². The molecular weight excluding hydrogens is 272 g/mol. The molecule has 1 saturated heterocycles. The predicted molar refractivity (Wildman–Crippen MR) is 79.1 cm³/mol. The van der Waals surface area contributed by atoms with Gasteiger partial charge < -0.3 is 20.1 Å². The second kappa shape index (κ2) is 7.44. The number of aliphatic carboxylic acids is 1. The van der Waals surface area contributed by atoms with Crippen LogP contribution in [0.15, 0.2) is 30.3 Å². The third-order valence-corrected chi connectivity index (χ3v) is 3.09. The van der Waals surface area contributed by atoms with E-state index in [9.17, 15) is 9.59 Å². The third-order valence-electron chi connectivity index (χ3n) is 3.09. The van der Waals surface area contributed by atoms with Gasteiger partial charge in [-0.25, -0.2) is 9.59 Å². The molecular formula is C15H18N2O4. The van der Waals surface area contributed by atoms with E-state index in [4.69, 9.17) is 9.84 Å². The van der Waals surface area contributed by atoms with Gasteiger partial charge >= 0.3 is 12.0 Å². The maximum Gasteiger partial charge on any atom is 0.328 e. The van der Waals surface area contributed by atoms with E-state index in [1.807, 2.05) is 0 Å². The lowest BCUT2D eigenvalue weighted by molar-refractivity contribution is -0.131. The normalized spacial score (nSPS) is 15.7. The number of carbonyl (C=O) groups is 2. The first kappa shape index (κ1) is 15.1. The van der Waals surface area contributed by atoms with Crippen molar-refractivity contribution in [2.24, 2.45) is 0 Å². The van der Waals surface area contributed by atoms with Gasteiger partial charge in [-0.05, 0) is 30.2 Å². The number of hydrogen-bond acceptors (Lipinski definition) is 3. The molecule has 6 heteroatoms. The van der Waals surface area contributed by atoms with Crippen molar-refractivity contribution in [3.8, 4) is 0 Å². The highest BCUT2D eigenvalue weighted by Crippen LogP contribution is 2.12. The quantitative estimate of drug-likeness (QED) is 0.835. The molecule has 0 bridgehead atoms. The number of urea groups is 1. The van der Waals surface area contributed by atoms with Crippen molar-refractivity contribution < 1.29 is 19.4 Å². The number of benzene rings is 1. The fourth-order valence-corrected chi connectivity index (χ4v) is 2.00. The molecule has 1 fully saturated rings. The van der Waals surface area contributed by atoms with Gasteiger partial charge in [-0.2, -0.15) is 0 Å². The Morgan fingerprint density at radius 3 is 2.67 bits per heavy atom. The minimum atomic E-state index is -0.990. The molecule has 1 aromatic rings. The van der Waals surface area contributed by atoms with Crippen molar-refractivity contribution in [1.82, 2.24) is 4.90 Å². The highest BCUT2D eigenvalue weighted by Gasteiger charge is 2.15. The molecule has 2 N–H and O–H groups in total. The molecule has 112 valence electrons. The Kier molecular flexibility index (Phi) is 5.34. The third kappa shape index (κ3) is 4.92. The number of carboxylic acid groups (broad SMARTS) is 1. The minimum absolute atomic E-state index is 0.144. The van der Waals surface area contributed by atoms with Crippen LogP contribution < -0.4 is 5.32 Å². The smallest absolute Gasteiger partial charge is 0.328 e. The van der Waals surface area contributed by atoms with Crippen molar-refractivity contribution in [3.05, 3.63) is 35.9 Å². The van der Waals surface area contributed by atoms with Crippen LogP contribution in [0.1, 0.15) is 12.0 Å². The van der Waals surface area contributed by atoms with Crippen LogP contribution in [0, 0.1) is 0 Å². The number of rotatable bonds is 3. The second-order valence-corrected chi connectivity index (χ2v) is 4.68. The minimum Gasteiger partial charge on any atom is -0.478 e. The molecule has 1 aliphatic heterocycles. The maximum atomic E-state index is 12.1. The summed E-state index contributed by atoms with van der Waals surface area (Å²) in [5.41, 5.74) is 1.44. The Morgan fingerprint density at radius 1 is 1.19 bits per heavy atom. The molecule has 0 unspecified atom stereocenters. The SMILES string of the molecule is O=C(O)C=Cc1ccc(NC(=O)N2CCCOCC2)cc1. The number of nitrogens with zero attached hydrogens (tertiary/aromatic N) is 1. The van der Waals surface area contributed by atoms with Crippen LogP contribution in [0.5, 0.6) is 0 Å². The molecule has 0 spiro atoms. The van der Waals surface area contributed by atoms with Crippen molar-refractivity contribution >= 4 is 23.8 Å². The maximum absolute atomic E-state index is 12.1. The van der Waals surface area contributed by atoms with Crippen molar-refractivity contribution in [2.45, 2.75) is 6.42 Å². The summed E-state index contributed by atoms with van der Waals surface area (Å²) in [4.78, 5) is 24.2. The van der Waals surface area contributed by atoms with E-state index >= 15 is 0 Å². The highest BCUT2D eigenvalue weighted by atomic mass is 16.5. The van der Waals surface area contributed by atoms with Gasteiger partial charge in [-0.15, -0.1) is 0 Å². The molecule has 0 aromatic heterocycles. The number of amides is 2. The van der Waals surface area contributed by atoms with E-state index in [1.165, 1.54) is 6.08 Å². The standard InChI is InChI=1S/C15H18N2O4/c18-14(19)7-4-12-2-5-13(6-3-12)16-15(20)17-8-1-10-21-11-9-17/h2-7H,1,8-11H2,(H,16,20)(H,18,19). The van der Waals surface area contributed by atoms with Crippen LogP contribution in [0.2, 0.25) is 0 Å². The van der Waals surface area contributed by atoms with Crippen LogP contribution in [-0.2, 0) is 9.53 Å². The van der Waals surface area contributed by atoms with E-state index in [1.54, 1.807) is 29.2 Å². The molecule has 6 nitrogen and oxygen atoms in total. The molecule has 2 amide bonds. The monoisotopic (exact) mass is 290 g/mol. The van der Waals surface area contributed by atoms with Crippen LogP contribution >= 0.6 is 0 Å². The average Bonchev–Trinajstić information content (AvgIpc) is 2.75. The summed E-state index contributed by atoms with van der Waals surface area (Å²) in [7, 11) is 0. The number of carboxylic acids is 1. The lowest BCUT2D eigenvalue weighted by Crippen LogP contribution is -2.36. The summed E-state index contributed by atoms with van der Waals surface area (Å²) in [5.74, 6) is -0.990. The van der Waals surface area contributed by atoms with Crippen LogP contribution in [0.4, 0.5) is 10.5 Å². The van der Waals surface area contributed by atoms with Gasteiger partial charge in [0, 0.05) is 31.5 Å². The highest BCUT2D eigenvalue weighted by molar-refractivity contribution is 5.89. The zero-order valence-electron chi connectivity index (χ0n) is 11.6. The van der Waals surface area contributed by atoms with Crippen LogP contribution in [0.3, 0.4) is 0 Å². The fraction of sp³-hybridized carbons (Fsp3) is 0.333. The van der Waals surface area contributed by atoms with Gasteiger partial charge in [-0.1, -0.05) is 12.1 Å². The second-order valence-electron chi connectivity index (χ2n) is 4.68. The molecule has 2 rings (SSSR count). The lowest BCUT2D eigenvalue weighted by atomic mass is 10.2. The Bertz CT molecular complexity index is 517. The van der Waals surface area contributed by atoms with E-state index in [2.05, 4.69) is 5.32 Å². The Labute approximate surface area is 123 Å². The van der Waals surface area contributed by atoms with Gasteiger partial charge in [0.2, 0.25) is 0 Å². The molecule has 0 radical (unpaired) electrons. The largest absolute Gasteiger partial charge is 0.478 e. The number of carbonyl (C=O) groups excluding carboxylic acids is 1. The molecule has 0 atom stereocenters. The summed E-state index contributed by atoms with van der Waals surface area (Å²) < 4.78 is 5.31. The number of nitrogens with one attached hydrogen (secondary N) is 1. The predicted octanol–water partition coefficient (Wildman–Crippen LogP) is 2.04. The van der Waals surface area contributed by atoms with Gasteiger partial charge in [-0.3, -0.25) is 0 Å². The zero-order chi connectivity index (χ0) is 15.1. The molecule has 1 aliphatic rings. The van der Waals surface area contributed by atoms with Crippen molar-refractivity contribution in [2.75, 3.05) is 31.6 Å². The van der Waals surface area contributed by atoms with E-state index < -0.39 is 5.97 Å². The van der Waals surface area contributed by atoms with Gasteiger partial charge in [0.1, 0.15) is 0 Å². The van der Waals surface area contributed by atoms with Crippen molar-refractivity contribution in [3.63, 3.8) is 0 Å². The average molecular weight is 290 g/mol. The Balaban J connectivity index is 1.93. The van der Waals surface area contributed by atoms with E-state index in [0.717, 1.165) is 18.1 Å².